The van der Waals surface area contributed by atoms with Crippen LogP contribution in [0.2, 0.25) is 5.02 Å². The van der Waals surface area contributed by atoms with Gasteiger partial charge in [-0.15, -0.1) is 11.3 Å². The maximum absolute atomic E-state index is 11.3. The first-order valence-corrected chi connectivity index (χ1v) is 7.92. The molecule has 2 rings (SSSR count). The molecule has 0 unspecified atom stereocenters. The molecule has 1 aromatic carbocycles. The van der Waals surface area contributed by atoms with Gasteiger partial charge in [-0.3, -0.25) is 0 Å². The molecule has 0 saturated carbocycles. The lowest BCUT2D eigenvalue weighted by molar-refractivity contribution is 0.0703. The summed E-state index contributed by atoms with van der Waals surface area (Å²) in [6.07, 6.45) is 0. The number of hydrogen-bond donors (Lipinski definition) is 2. The van der Waals surface area contributed by atoms with Crippen molar-refractivity contribution in [2.45, 2.75) is 19.8 Å². The lowest BCUT2D eigenvalue weighted by atomic mass is 9.98. The lowest BCUT2D eigenvalue weighted by Gasteiger charge is -2.09. The smallest absolute Gasteiger partial charge is 0.348 e. The highest BCUT2D eigenvalue weighted by Gasteiger charge is 2.23. The molecule has 0 aliphatic rings. The monoisotopic (exact) mass is 373 g/mol. The van der Waals surface area contributed by atoms with E-state index in [1.165, 1.54) is 11.3 Å². The molecule has 2 aromatic rings. The SMILES string of the molecule is CC(C)c1c(-c2cc(Cl)cc(Br)c2)sc(C(=O)O)c1N. The third kappa shape index (κ3) is 2.85. The van der Waals surface area contributed by atoms with E-state index in [4.69, 9.17) is 17.3 Å². The molecule has 3 nitrogen and oxygen atoms in total. The Morgan fingerprint density at radius 2 is 2.05 bits per heavy atom. The Kier molecular flexibility index (Phi) is 4.42. The van der Waals surface area contributed by atoms with Gasteiger partial charge >= 0.3 is 5.97 Å². The maximum atomic E-state index is 11.3. The van der Waals surface area contributed by atoms with Crippen molar-refractivity contribution in [3.63, 3.8) is 0 Å². The van der Waals surface area contributed by atoms with Crippen molar-refractivity contribution in [3.8, 4) is 10.4 Å². The summed E-state index contributed by atoms with van der Waals surface area (Å²) >= 11 is 10.7. The number of anilines is 1. The molecule has 6 heteroatoms. The molecule has 0 aliphatic carbocycles. The van der Waals surface area contributed by atoms with Gasteiger partial charge in [0.05, 0.1) is 5.69 Å². The summed E-state index contributed by atoms with van der Waals surface area (Å²) in [5.74, 6) is -0.867. The third-order valence-corrected chi connectivity index (χ3v) is 4.81. The van der Waals surface area contributed by atoms with Crippen molar-refractivity contribution >= 4 is 50.5 Å². The Morgan fingerprint density at radius 1 is 1.40 bits per heavy atom. The molecule has 0 fully saturated rings. The number of nitrogen functional groups attached to an aromatic ring is 1. The topological polar surface area (TPSA) is 63.3 Å². The van der Waals surface area contributed by atoms with Crippen LogP contribution in [-0.2, 0) is 0 Å². The van der Waals surface area contributed by atoms with Gasteiger partial charge in [-0.1, -0.05) is 41.4 Å². The Morgan fingerprint density at radius 3 is 2.55 bits per heavy atom. The molecule has 0 radical (unpaired) electrons. The first kappa shape index (κ1) is 15.4. The second-order valence-corrected chi connectivity index (χ2v) is 7.08. The quantitative estimate of drug-likeness (QED) is 0.772. The molecule has 0 spiro atoms. The van der Waals surface area contributed by atoms with Crippen LogP contribution in [0.15, 0.2) is 22.7 Å². The van der Waals surface area contributed by atoms with Crippen molar-refractivity contribution in [3.05, 3.63) is 38.1 Å². The standard InChI is InChI=1S/C14H13BrClNO2S/c1-6(2)10-11(17)13(14(18)19)20-12(10)7-3-8(15)5-9(16)4-7/h3-6H,17H2,1-2H3,(H,18,19). The van der Waals surface area contributed by atoms with Crippen molar-refractivity contribution in [2.75, 3.05) is 5.73 Å². The zero-order chi connectivity index (χ0) is 15.0. The van der Waals surface area contributed by atoms with Gasteiger partial charge in [0.1, 0.15) is 4.88 Å². The summed E-state index contributed by atoms with van der Waals surface area (Å²) in [6.45, 7) is 3.99. The van der Waals surface area contributed by atoms with Gasteiger partial charge in [-0.25, -0.2) is 4.79 Å². The van der Waals surface area contributed by atoms with Crippen LogP contribution in [-0.4, -0.2) is 11.1 Å². The van der Waals surface area contributed by atoms with Crippen molar-refractivity contribution in [2.24, 2.45) is 0 Å². The molecule has 1 aromatic heterocycles. The molecule has 1 heterocycles. The normalized spacial score (nSPS) is 11.1. The fourth-order valence-corrected chi connectivity index (χ4v) is 4.15. The maximum Gasteiger partial charge on any atom is 0.348 e. The van der Waals surface area contributed by atoms with Crippen molar-refractivity contribution < 1.29 is 9.90 Å². The fraction of sp³-hybridized carbons (Fsp3) is 0.214. The largest absolute Gasteiger partial charge is 0.477 e. The number of halogens is 2. The van der Waals surface area contributed by atoms with Crippen LogP contribution in [0.4, 0.5) is 5.69 Å². The molecule has 0 aliphatic heterocycles. The predicted molar refractivity (Wildman–Crippen MR) is 87.9 cm³/mol. The van der Waals surface area contributed by atoms with Gasteiger partial charge in [-0.05, 0) is 35.2 Å². The summed E-state index contributed by atoms with van der Waals surface area (Å²) in [5, 5.41) is 9.83. The van der Waals surface area contributed by atoms with Gasteiger partial charge in [-0.2, -0.15) is 0 Å². The number of rotatable bonds is 3. The number of hydrogen-bond acceptors (Lipinski definition) is 3. The minimum Gasteiger partial charge on any atom is -0.477 e. The van der Waals surface area contributed by atoms with Gasteiger partial charge in [0.25, 0.3) is 0 Å². The second kappa shape index (κ2) is 5.76. The zero-order valence-electron chi connectivity index (χ0n) is 10.9. The van der Waals surface area contributed by atoms with E-state index in [0.717, 1.165) is 20.5 Å². The minimum atomic E-state index is -0.998. The molecule has 0 amide bonds. The number of aromatic carboxylic acids is 1. The van der Waals surface area contributed by atoms with Crippen LogP contribution in [0.5, 0.6) is 0 Å². The Hall–Kier alpha value is -1.04. The van der Waals surface area contributed by atoms with Gasteiger partial charge in [0.2, 0.25) is 0 Å². The molecule has 106 valence electrons. The first-order chi connectivity index (χ1) is 9.31. The van der Waals surface area contributed by atoms with Crippen LogP contribution in [0, 0.1) is 0 Å². The highest BCUT2D eigenvalue weighted by atomic mass is 79.9. The molecule has 0 atom stereocenters. The molecule has 0 bridgehead atoms. The van der Waals surface area contributed by atoms with E-state index in [1.807, 2.05) is 26.0 Å². The summed E-state index contributed by atoms with van der Waals surface area (Å²) in [6, 6.07) is 5.51. The molecular formula is C14H13BrClNO2S. The van der Waals surface area contributed by atoms with E-state index in [1.54, 1.807) is 6.07 Å². The number of carboxylic acid groups (broad SMARTS) is 1. The van der Waals surface area contributed by atoms with Gasteiger partial charge in [0.15, 0.2) is 0 Å². The van der Waals surface area contributed by atoms with Gasteiger partial charge in [0, 0.05) is 14.4 Å². The summed E-state index contributed by atoms with van der Waals surface area (Å²) in [4.78, 5) is 12.3. The van der Waals surface area contributed by atoms with E-state index in [0.29, 0.717) is 10.7 Å². The minimum absolute atomic E-state index is 0.132. The van der Waals surface area contributed by atoms with Crippen LogP contribution in [0.3, 0.4) is 0 Å². The molecular weight excluding hydrogens is 362 g/mol. The average molecular weight is 375 g/mol. The Labute approximate surface area is 134 Å². The van der Waals surface area contributed by atoms with Crippen LogP contribution in [0.1, 0.15) is 35.0 Å². The predicted octanol–water partition coefficient (Wildman–Crippen LogP) is 5.23. The van der Waals surface area contributed by atoms with E-state index in [2.05, 4.69) is 15.9 Å². The zero-order valence-corrected chi connectivity index (χ0v) is 14.1. The molecule has 3 N–H and O–H groups in total. The Balaban J connectivity index is 2.72. The highest BCUT2D eigenvalue weighted by Crippen LogP contribution is 2.43. The van der Waals surface area contributed by atoms with E-state index in [9.17, 15) is 9.90 Å². The van der Waals surface area contributed by atoms with E-state index in [-0.39, 0.29) is 10.8 Å². The van der Waals surface area contributed by atoms with Crippen LogP contribution in [0.25, 0.3) is 10.4 Å². The first-order valence-electron chi connectivity index (χ1n) is 5.93. The number of benzene rings is 1. The van der Waals surface area contributed by atoms with Crippen LogP contribution >= 0.6 is 38.9 Å². The number of thiophene rings is 1. The average Bonchev–Trinajstić information content (AvgIpc) is 2.65. The second-order valence-electron chi connectivity index (χ2n) is 4.71. The summed E-state index contributed by atoms with van der Waals surface area (Å²) < 4.78 is 0.846. The molecule has 20 heavy (non-hydrogen) atoms. The van der Waals surface area contributed by atoms with Crippen molar-refractivity contribution in [1.29, 1.82) is 0 Å². The van der Waals surface area contributed by atoms with E-state index >= 15 is 0 Å². The van der Waals surface area contributed by atoms with Crippen molar-refractivity contribution in [1.82, 2.24) is 0 Å². The number of nitrogens with two attached hydrogens (primary N) is 1. The lowest BCUT2D eigenvalue weighted by Crippen LogP contribution is -2.00. The highest BCUT2D eigenvalue weighted by molar-refractivity contribution is 9.10. The number of carboxylic acids is 1. The van der Waals surface area contributed by atoms with Crippen LogP contribution < -0.4 is 5.73 Å². The van der Waals surface area contributed by atoms with E-state index < -0.39 is 5.97 Å². The summed E-state index contributed by atoms with van der Waals surface area (Å²) in [5.41, 5.74) is 8.09. The molecule has 0 saturated heterocycles. The fourth-order valence-electron chi connectivity index (χ4n) is 2.09. The summed E-state index contributed by atoms with van der Waals surface area (Å²) in [7, 11) is 0. The Bertz CT molecular complexity index is 662. The third-order valence-electron chi connectivity index (χ3n) is 2.88. The number of carbonyl (C=O) groups is 1. The van der Waals surface area contributed by atoms with Gasteiger partial charge < -0.3 is 10.8 Å².